The smallest absolute Gasteiger partial charge is 0.308 e. The van der Waals surface area contributed by atoms with Crippen molar-refractivity contribution in [3.05, 3.63) is 60.8 Å². The van der Waals surface area contributed by atoms with Gasteiger partial charge in [0.05, 0.1) is 17.0 Å². The maximum Gasteiger partial charge on any atom is 0.308 e. The van der Waals surface area contributed by atoms with Gasteiger partial charge < -0.3 is 15.4 Å². The van der Waals surface area contributed by atoms with Crippen molar-refractivity contribution in [1.29, 1.82) is 0 Å². The number of hydrogen-bond acceptors (Lipinski definition) is 6. The summed E-state index contributed by atoms with van der Waals surface area (Å²) in [6.07, 6.45) is 2.67. The van der Waals surface area contributed by atoms with Crippen molar-refractivity contribution < 1.29 is 18.7 Å². The number of carbonyl (C=O) groups is 1. The summed E-state index contributed by atoms with van der Waals surface area (Å²) >= 11 is 1.31. The van der Waals surface area contributed by atoms with Gasteiger partial charge in [-0.25, -0.2) is 23.7 Å². The number of pyridine rings is 1. The zero-order valence-electron chi connectivity index (χ0n) is 17.4. The molecule has 0 radical (unpaired) electrons. The van der Waals surface area contributed by atoms with Crippen LogP contribution < -0.4 is 5.32 Å². The van der Waals surface area contributed by atoms with Gasteiger partial charge in [0, 0.05) is 23.2 Å². The third-order valence-electron chi connectivity index (χ3n) is 4.85. The molecule has 0 spiro atoms. The van der Waals surface area contributed by atoms with Crippen molar-refractivity contribution in [3.8, 4) is 22.0 Å². The molecule has 4 aromatic rings. The van der Waals surface area contributed by atoms with Gasteiger partial charge >= 0.3 is 5.97 Å². The molecule has 4 aromatic heterocycles. The SMILES string of the molecule is C=C.CC(Nc1nc(-c2c[nH]c3ncc(F)cc23)nc(-c2cccs2)c1F)C(C)C(=O)O. The van der Waals surface area contributed by atoms with E-state index < -0.39 is 29.6 Å². The van der Waals surface area contributed by atoms with Gasteiger partial charge in [-0.2, -0.15) is 0 Å². The van der Waals surface area contributed by atoms with Crippen molar-refractivity contribution in [2.75, 3.05) is 5.32 Å². The van der Waals surface area contributed by atoms with Gasteiger partial charge in [-0.3, -0.25) is 4.79 Å². The molecule has 2 atom stereocenters. The maximum atomic E-state index is 15.3. The lowest BCUT2D eigenvalue weighted by atomic mass is 10.0. The topological polar surface area (TPSA) is 104 Å². The molecule has 0 amide bonds. The van der Waals surface area contributed by atoms with E-state index in [4.69, 9.17) is 0 Å². The molecule has 32 heavy (non-hydrogen) atoms. The number of nitrogens with one attached hydrogen (secondary N) is 2. The van der Waals surface area contributed by atoms with E-state index in [9.17, 15) is 14.3 Å². The first-order valence-electron chi connectivity index (χ1n) is 9.59. The molecule has 0 bridgehead atoms. The van der Waals surface area contributed by atoms with Crippen molar-refractivity contribution in [2.24, 2.45) is 5.92 Å². The van der Waals surface area contributed by atoms with Crippen LogP contribution in [0.5, 0.6) is 0 Å². The molecular formula is C22H21F2N5O2S. The van der Waals surface area contributed by atoms with Gasteiger partial charge in [0.25, 0.3) is 0 Å². The standard InChI is InChI=1S/C20H17F2N5O2S.C2H4/c1-9(20(28)29)10(2)25-19-15(22)16(14-4-3-5-30-14)26-18(27-19)13-8-24-17-12(13)6-11(21)7-23-17;1-2/h3-10H,1-2H3,(H,23,24)(H,28,29)(H,25,26,27);1-2H2. The molecule has 3 N–H and O–H groups in total. The van der Waals surface area contributed by atoms with E-state index in [2.05, 4.69) is 38.4 Å². The molecule has 0 saturated carbocycles. The van der Waals surface area contributed by atoms with Crippen molar-refractivity contribution >= 4 is 34.2 Å². The monoisotopic (exact) mass is 457 g/mol. The average molecular weight is 458 g/mol. The Morgan fingerprint density at radius 1 is 1.28 bits per heavy atom. The molecule has 4 rings (SSSR count). The van der Waals surface area contributed by atoms with E-state index in [0.29, 0.717) is 21.5 Å². The molecule has 0 aliphatic carbocycles. The molecule has 7 nitrogen and oxygen atoms in total. The molecule has 0 aliphatic heterocycles. The highest BCUT2D eigenvalue weighted by molar-refractivity contribution is 7.13. The summed E-state index contributed by atoms with van der Waals surface area (Å²) in [7, 11) is 0. The number of H-pyrrole nitrogens is 1. The number of fused-ring (bicyclic) bond motifs is 1. The first-order valence-corrected chi connectivity index (χ1v) is 10.5. The van der Waals surface area contributed by atoms with Crippen LogP contribution >= 0.6 is 11.3 Å². The van der Waals surface area contributed by atoms with Crippen LogP contribution in [0.4, 0.5) is 14.6 Å². The number of halogens is 2. The number of aromatic nitrogens is 4. The molecule has 0 fully saturated rings. The molecule has 10 heteroatoms. The fourth-order valence-corrected chi connectivity index (χ4v) is 3.66. The van der Waals surface area contributed by atoms with Crippen LogP contribution in [0.2, 0.25) is 0 Å². The second-order valence-corrected chi connectivity index (χ2v) is 7.80. The molecule has 0 aromatic carbocycles. The second kappa shape index (κ2) is 9.65. The van der Waals surface area contributed by atoms with Crippen molar-refractivity contribution in [2.45, 2.75) is 19.9 Å². The lowest BCUT2D eigenvalue weighted by Crippen LogP contribution is -2.30. The number of carboxylic acids is 1. The Bertz CT molecular complexity index is 1240. The number of aromatic amines is 1. The fraction of sp³-hybridized carbons (Fsp3) is 0.182. The molecule has 4 heterocycles. The summed E-state index contributed by atoms with van der Waals surface area (Å²) in [4.78, 5) is 27.5. The van der Waals surface area contributed by atoms with E-state index in [-0.39, 0.29) is 17.3 Å². The molecular weight excluding hydrogens is 436 g/mol. The molecule has 0 aliphatic rings. The van der Waals surface area contributed by atoms with Gasteiger partial charge in [0.2, 0.25) is 0 Å². The number of anilines is 1. The summed E-state index contributed by atoms with van der Waals surface area (Å²) in [5.41, 5.74) is 0.975. The number of thiophene rings is 1. The van der Waals surface area contributed by atoms with Crippen LogP contribution in [-0.2, 0) is 4.79 Å². The molecule has 0 saturated heterocycles. The van der Waals surface area contributed by atoms with E-state index in [1.807, 2.05) is 0 Å². The van der Waals surface area contributed by atoms with Gasteiger partial charge in [-0.15, -0.1) is 24.5 Å². The first kappa shape index (κ1) is 23.0. The van der Waals surface area contributed by atoms with Crippen LogP contribution in [0, 0.1) is 17.6 Å². The molecule has 2 unspecified atom stereocenters. The van der Waals surface area contributed by atoms with Gasteiger partial charge in [0.1, 0.15) is 17.2 Å². The number of nitrogens with zero attached hydrogens (tertiary/aromatic N) is 3. The van der Waals surface area contributed by atoms with Crippen molar-refractivity contribution in [3.63, 3.8) is 0 Å². The minimum absolute atomic E-state index is 0.0754. The zero-order valence-corrected chi connectivity index (χ0v) is 18.2. The van der Waals surface area contributed by atoms with Gasteiger partial charge in [0.15, 0.2) is 17.5 Å². The van der Waals surface area contributed by atoms with Crippen LogP contribution in [0.1, 0.15) is 13.8 Å². The Labute approximate surface area is 186 Å². The van der Waals surface area contributed by atoms with E-state index in [1.165, 1.54) is 24.3 Å². The van der Waals surface area contributed by atoms with Gasteiger partial charge in [-0.1, -0.05) is 6.07 Å². The Balaban J connectivity index is 0.00000141. The van der Waals surface area contributed by atoms with Gasteiger partial charge in [-0.05, 0) is 31.4 Å². The summed E-state index contributed by atoms with van der Waals surface area (Å²) in [5.74, 6) is -2.96. The highest BCUT2D eigenvalue weighted by Crippen LogP contribution is 2.33. The van der Waals surface area contributed by atoms with Crippen LogP contribution in [0.3, 0.4) is 0 Å². The lowest BCUT2D eigenvalue weighted by Gasteiger charge is -2.19. The quantitative estimate of drug-likeness (QED) is 0.337. The number of carboxylic acid groups (broad SMARTS) is 1. The minimum Gasteiger partial charge on any atom is -0.481 e. The average Bonchev–Trinajstić information content (AvgIpc) is 3.46. The third-order valence-corrected chi connectivity index (χ3v) is 5.72. The highest BCUT2D eigenvalue weighted by atomic mass is 32.1. The number of rotatable bonds is 6. The number of aliphatic carboxylic acids is 1. The lowest BCUT2D eigenvalue weighted by molar-refractivity contribution is -0.141. The Hall–Kier alpha value is -3.66. The van der Waals surface area contributed by atoms with Crippen LogP contribution in [0.15, 0.2) is 49.1 Å². The van der Waals surface area contributed by atoms with Crippen LogP contribution in [-0.4, -0.2) is 37.1 Å². The second-order valence-electron chi connectivity index (χ2n) is 6.85. The van der Waals surface area contributed by atoms with E-state index >= 15 is 4.39 Å². The minimum atomic E-state index is -1.01. The summed E-state index contributed by atoms with van der Waals surface area (Å²) in [6, 6.07) is 4.20. The fourth-order valence-electron chi connectivity index (χ4n) is 2.96. The first-order chi connectivity index (χ1) is 15.3. The largest absolute Gasteiger partial charge is 0.481 e. The van der Waals surface area contributed by atoms with E-state index in [0.717, 1.165) is 6.20 Å². The van der Waals surface area contributed by atoms with Crippen LogP contribution in [0.25, 0.3) is 33.0 Å². The highest BCUT2D eigenvalue weighted by Gasteiger charge is 2.24. The predicted octanol–water partition coefficient (Wildman–Crippen LogP) is 5.35. The molecule has 166 valence electrons. The van der Waals surface area contributed by atoms with Crippen molar-refractivity contribution in [1.82, 2.24) is 19.9 Å². The summed E-state index contributed by atoms with van der Waals surface area (Å²) < 4.78 is 29.0. The summed E-state index contributed by atoms with van der Waals surface area (Å²) in [5, 5.41) is 14.3. The Morgan fingerprint density at radius 3 is 2.69 bits per heavy atom. The number of hydrogen-bond donors (Lipinski definition) is 3. The predicted molar refractivity (Wildman–Crippen MR) is 121 cm³/mol. The Kier molecular flexibility index (Phi) is 6.94. The summed E-state index contributed by atoms with van der Waals surface area (Å²) in [6.45, 7) is 9.16. The maximum absolute atomic E-state index is 15.3. The Morgan fingerprint density at radius 2 is 2.03 bits per heavy atom. The zero-order chi connectivity index (χ0) is 23.4. The normalized spacial score (nSPS) is 12.6. The van der Waals surface area contributed by atoms with E-state index in [1.54, 1.807) is 30.6 Å². The third kappa shape index (κ3) is 4.50.